The monoisotopic (exact) mass is 474 g/mol. The molecule has 10 nitrogen and oxygen atoms in total. The Hall–Kier alpha value is -4.40. The number of rotatable bonds is 6. The summed E-state index contributed by atoms with van der Waals surface area (Å²) in [7, 11) is 0. The fraction of sp³-hybridized carbons (Fsp3) is 0.130. The molecule has 2 heterocycles. The van der Waals surface area contributed by atoms with E-state index in [-0.39, 0.29) is 39.4 Å². The number of fused-ring (bicyclic) bond motifs is 1. The summed E-state index contributed by atoms with van der Waals surface area (Å²) in [6.45, 7) is 7.31. The molecule has 0 aliphatic carbocycles. The number of nitrogens with two attached hydrogens (primary N) is 2. The molecule has 0 fully saturated rings. The number of aromatic nitrogens is 2. The van der Waals surface area contributed by atoms with E-state index in [1.807, 2.05) is 5.87 Å². The molecular weight excluding hydrogens is 454 g/mol. The van der Waals surface area contributed by atoms with Crippen LogP contribution in [0.15, 0.2) is 79.5 Å². The second-order valence-corrected chi connectivity index (χ2v) is 7.28. The van der Waals surface area contributed by atoms with E-state index in [4.69, 9.17) is 23.1 Å². The van der Waals surface area contributed by atoms with E-state index in [0.29, 0.717) is 11.2 Å². The van der Waals surface area contributed by atoms with Gasteiger partial charge in [0.15, 0.2) is 5.84 Å². The van der Waals surface area contributed by atoms with E-state index in [0.717, 1.165) is 0 Å². The van der Waals surface area contributed by atoms with Crippen molar-refractivity contribution in [2.24, 2.45) is 31.4 Å². The predicted octanol–water partition coefficient (Wildman–Crippen LogP) is 2.99. The first-order valence-electron chi connectivity index (χ1n) is 10.0. The molecule has 0 radical (unpaired) electrons. The molecule has 34 heavy (non-hydrogen) atoms. The van der Waals surface area contributed by atoms with E-state index in [2.05, 4.69) is 31.5 Å². The Morgan fingerprint density at radius 2 is 2.12 bits per heavy atom. The van der Waals surface area contributed by atoms with Crippen LogP contribution >= 0.6 is 11.6 Å². The van der Waals surface area contributed by atoms with E-state index >= 15 is 0 Å². The van der Waals surface area contributed by atoms with Crippen molar-refractivity contribution in [2.75, 3.05) is 0 Å². The van der Waals surface area contributed by atoms with E-state index < -0.39 is 11.6 Å². The van der Waals surface area contributed by atoms with Crippen molar-refractivity contribution in [2.45, 2.75) is 19.9 Å². The summed E-state index contributed by atoms with van der Waals surface area (Å²) in [5.41, 5.74) is 11.9. The van der Waals surface area contributed by atoms with Crippen LogP contribution in [0, 0.1) is 0 Å². The molecular formula is C23H21ClN9O-. The normalized spacial score (nSPS) is 16.7. The van der Waals surface area contributed by atoms with Crippen LogP contribution in [-0.4, -0.2) is 39.3 Å². The molecule has 0 amide bonds. The number of aliphatic imine (C=N–C) groups is 4. The van der Waals surface area contributed by atoms with Gasteiger partial charge in [-0.2, -0.15) is 9.98 Å². The Morgan fingerprint density at radius 1 is 1.35 bits per heavy atom. The SMILES string of the molecule is C=C/C(=C\C=C/N=CC)n1c(C(C)N=C2N=C(N)N=C(N)C2=C=[N-])nc2cccc(Cl)c2c1=O. The van der Waals surface area contributed by atoms with Crippen molar-refractivity contribution < 1.29 is 0 Å². The topological polar surface area (TPSA) is 159 Å². The van der Waals surface area contributed by atoms with E-state index in [1.54, 1.807) is 56.6 Å². The summed E-state index contributed by atoms with van der Waals surface area (Å²) < 4.78 is 1.36. The highest BCUT2D eigenvalue weighted by Gasteiger charge is 2.22. The van der Waals surface area contributed by atoms with Gasteiger partial charge in [0.1, 0.15) is 17.7 Å². The van der Waals surface area contributed by atoms with Gasteiger partial charge < -0.3 is 16.9 Å². The molecule has 1 atom stereocenters. The lowest BCUT2D eigenvalue weighted by molar-refractivity contribution is 0.705. The molecule has 1 aromatic carbocycles. The number of allylic oxidation sites excluding steroid dienone is 4. The quantitative estimate of drug-likeness (QED) is 0.486. The van der Waals surface area contributed by atoms with Gasteiger partial charge >= 0.3 is 0 Å². The summed E-state index contributed by atoms with van der Waals surface area (Å²) in [6.07, 6.45) is 8.01. The van der Waals surface area contributed by atoms with Crippen LogP contribution in [0.2, 0.25) is 5.02 Å². The highest BCUT2D eigenvalue weighted by Crippen LogP contribution is 2.25. The molecule has 1 aliphatic heterocycles. The fourth-order valence-corrected chi connectivity index (χ4v) is 3.42. The van der Waals surface area contributed by atoms with Crippen LogP contribution in [-0.2, 0) is 0 Å². The van der Waals surface area contributed by atoms with Crippen LogP contribution in [0.4, 0.5) is 0 Å². The summed E-state index contributed by atoms with van der Waals surface area (Å²) >= 11 is 6.33. The van der Waals surface area contributed by atoms with Crippen molar-refractivity contribution in [3.05, 3.63) is 81.4 Å². The summed E-state index contributed by atoms with van der Waals surface area (Å²) in [6, 6.07) is 4.24. The first-order valence-corrected chi connectivity index (χ1v) is 10.4. The van der Waals surface area contributed by atoms with Gasteiger partial charge in [-0.25, -0.2) is 4.98 Å². The third-order valence-electron chi connectivity index (χ3n) is 4.66. The van der Waals surface area contributed by atoms with Crippen LogP contribution in [0.1, 0.15) is 25.7 Å². The van der Waals surface area contributed by atoms with Gasteiger partial charge in [0, 0.05) is 18.1 Å². The lowest BCUT2D eigenvalue weighted by atomic mass is 10.2. The Bertz CT molecular complexity index is 1450. The zero-order valence-electron chi connectivity index (χ0n) is 18.5. The molecule has 1 unspecified atom stereocenters. The van der Waals surface area contributed by atoms with E-state index in [1.165, 1.54) is 10.6 Å². The number of halogens is 1. The number of guanidine groups is 1. The van der Waals surface area contributed by atoms with Gasteiger partial charge in [0.2, 0.25) is 5.96 Å². The van der Waals surface area contributed by atoms with Gasteiger partial charge in [0.05, 0.1) is 21.5 Å². The molecule has 4 N–H and O–H groups in total. The Balaban J connectivity index is 2.31. The van der Waals surface area contributed by atoms with Crippen LogP contribution < -0.4 is 17.0 Å². The average Bonchev–Trinajstić information content (AvgIpc) is 2.79. The predicted molar refractivity (Wildman–Crippen MR) is 140 cm³/mol. The van der Waals surface area contributed by atoms with Gasteiger partial charge in [-0.3, -0.25) is 25.2 Å². The first kappa shape index (κ1) is 24.2. The largest absolute Gasteiger partial charge is 0.763 e. The summed E-state index contributed by atoms with van der Waals surface area (Å²) in [5.74, 6) is 1.96. The minimum Gasteiger partial charge on any atom is -0.763 e. The Labute approximate surface area is 200 Å². The van der Waals surface area contributed by atoms with Gasteiger partial charge in [0.25, 0.3) is 5.56 Å². The lowest BCUT2D eigenvalue weighted by Gasteiger charge is -2.19. The number of nitrogens with zero attached hydrogens (tertiary/aromatic N) is 7. The smallest absolute Gasteiger partial charge is 0.267 e. The number of amidine groups is 2. The molecule has 0 saturated carbocycles. The van der Waals surface area contributed by atoms with Crippen LogP contribution in [0.3, 0.4) is 0 Å². The average molecular weight is 475 g/mol. The zero-order chi connectivity index (χ0) is 24.8. The lowest BCUT2D eigenvalue weighted by Crippen LogP contribution is -2.31. The molecule has 0 spiro atoms. The molecule has 172 valence electrons. The number of hydrogen-bond acceptors (Lipinski definition) is 7. The fourth-order valence-electron chi connectivity index (χ4n) is 3.17. The summed E-state index contributed by atoms with van der Waals surface area (Å²) in [4.78, 5) is 34.6. The number of benzene rings is 1. The Kier molecular flexibility index (Phi) is 7.47. The second kappa shape index (κ2) is 10.5. The highest BCUT2D eigenvalue weighted by atomic mass is 35.5. The minimum absolute atomic E-state index is 0.00620. The molecule has 0 bridgehead atoms. The standard InChI is InChI=1S/C23H21ClN9O/c1-4-14(8-7-11-28-5-2)33-21(30-17-10-6-9-16(24)18(17)22(33)34)13(3)29-20-15(12-25)19(26)31-23(27)32-20/h4-11,13H,1H2,2-3H3,(H4,26,27,29,31,32)/q-1/b11-7-,14-8+,28-5?. The van der Waals surface area contributed by atoms with Crippen molar-refractivity contribution in [3.8, 4) is 0 Å². The number of hydrogen-bond donors (Lipinski definition) is 2. The molecule has 3 rings (SSSR count). The molecule has 1 aliphatic rings. The maximum absolute atomic E-state index is 13.6. The highest BCUT2D eigenvalue weighted by molar-refractivity contribution is 6.35. The van der Waals surface area contributed by atoms with Crippen LogP contribution in [0.5, 0.6) is 0 Å². The van der Waals surface area contributed by atoms with Gasteiger partial charge in [-0.1, -0.05) is 24.2 Å². The third kappa shape index (κ3) is 4.83. The minimum atomic E-state index is -0.752. The van der Waals surface area contributed by atoms with E-state index in [9.17, 15) is 10.2 Å². The van der Waals surface area contributed by atoms with Crippen molar-refractivity contribution in [3.63, 3.8) is 0 Å². The first-order chi connectivity index (χ1) is 16.3. The molecule has 1 aromatic heterocycles. The maximum Gasteiger partial charge on any atom is 0.267 e. The summed E-state index contributed by atoms with van der Waals surface area (Å²) in [5, 5.41) is 9.98. The van der Waals surface area contributed by atoms with Gasteiger partial charge in [-0.05, 0) is 44.2 Å². The molecule has 11 heteroatoms. The van der Waals surface area contributed by atoms with Crippen molar-refractivity contribution in [1.29, 1.82) is 0 Å². The van der Waals surface area contributed by atoms with Crippen molar-refractivity contribution in [1.82, 2.24) is 9.55 Å². The second-order valence-electron chi connectivity index (χ2n) is 6.87. The van der Waals surface area contributed by atoms with Gasteiger partial charge in [-0.15, -0.1) is 0 Å². The third-order valence-corrected chi connectivity index (χ3v) is 4.98. The molecule has 0 saturated heterocycles. The zero-order valence-corrected chi connectivity index (χ0v) is 19.2. The van der Waals surface area contributed by atoms with Crippen LogP contribution in [0.25, 0.3) is 22.0 Å². The van der Waals surface area contributed by atoms with Crippen molar-refractivity contribution >= 4 is 57.9 Å². The Morgan fingerprint density at radius 3 is 2.79 bits per heavy atom. The molecule has 2 aromatic rings. The maximum atomic E-state index is 13.6.